The Bertz CT molecular complexity index is 902. The van der Waals surface area contributed by atoms with E-state index in [-0.39, 0.29) is 24.5 Å². The van der Waals surface area contributed by atoms with Gasteiger partial charge in [0.2, 0.25) is 5.91 Å². The zero-order valence-corrected chi connectivity index (χ0v) is 13.9. The molecule has 3 aromatic rings. The van der Waals surface area contributed by atoms with E-state index < -0.39 is 0 Å². The van der Waals surface area contributed by atoms with Gasteiger partial charge >= 0.3 is 0 Å². The van der Waals surface area contributed by atoms with Crippen molar-refractivity contribution in [2.75, 3.05) is 7.11 Å². The maximum atomic E-state index is 12.2. The van der Waals surface area contributed by atoms with Gasteiger partial charge in [-0.3, -0.25) is 9.59 Å². The minimum absolute atomic E-state index is 0.0830. The van der Waals surface area contributed by atoms with E-state index >= 15 is 0 Å². The van der Waals surface area contributed by atoms with Crippen LogP contribution in [0.25, 0.3) is 5.52 Å². The van der Waals surface area contributed by atoms with Crippen LogP contribution in [0.4, 0.5) is 0 Å². The Morgan fingerprint density at radius 2 is 2.04 bits per heavy atom. The van der Waals surface area contributed by atoms with Crippen molar-refractivity contribution in [3.05, 3.63) is 66.2 Å². The van der Waals surface area contributed by atoms with Gasteiger partial charge in [-0.15, -0.1) is 0 Å². The maximum absolute atomic E-state index is 12.2. The third-order valence-corrected chi connectivity index (χ3v) is 3.93. The van der Waals surface area contributed by atoms with Crippen LogP contribution >= 0.6 is 0 Å². The predicted molar refractivity (Wildman–Crippen MR) is 93.6 cm³/mol. The number of nitrogens with zero attached hydrogens (tertiary/aromatic N) is 2. The second kappa shape index (κ2) is 7.61. The van der Waals surface area contributed by atoms with Crippen LogP contribution in [-0.4, -0.2) is 28.2 Å². The number of pyridine rings is 1. The summed E-state index contributed by atoms with van der Waals surface area (Å²) in [5, 5.41) is 2.81. The molecule has 0 spiro atoms. The van der Waals surface area contributed by atoms with E-state index in [4.69, 9.17) is 4.74 Å². The van der Waals surface area contributed by atoms with Crippen LogP contribution < -0.4 is 10.1 Å². The first-order valence-electron chi connectivity index (χ1n) is 8.02. The Kier molecular flexibility index (Phi) is 5.09. The summed E-state index contributed by atoms with van der Waals surface area (Å²) in [4.78, 5) is 28.5. The molecule has 0 saturated carbocycles. The molecule has 1 N–H and O–H groups in total. The number of ether oxygens (including phenoxy) is 1. The number of carbonyl (C=O) groups is 2. The third kappa shape index (κ3) is 4.03. The van der Waals surface area contributed by atoms with Gasteiger partial charge in [0, 0.05) is 24.6 Å². The molecule has 0 radical (unpaired) electrons. The van der Waals surface area contributed by atoms with Crippen molar-refractivity contribution in [1.29, 1.82) is 0 Å². The minimum atomic E-state index is -0.177. The van der Waals surface area contributed by atoms with Crippen molar-refractivity contribution in [3.63, 3.8) is 0 Å². The topological polar surface area (TPSA) is 72.7 Å². The molecule has 0 saturated heterocycles. The minimum Gasteiger partial charge on any atom is -0.497 e. The summed E-state index contributed by atoms with van der Waals surface area (Å²) in [6.45, 7) is 0.324. The number of nitrogens with one attached hydrogen (secondary N) is 1. The molecule has 0 unspecified atom stereocenters. The molecule has 0 fully saturated rings. The highest BCUT2D eigenvalue weighted by Crippen LogP contribution is 2.14. The Morgan fingerprint density at radius 1 is 1.16 bits per heavy atom. The molecule has 6 nitrogen and oxygen atoms in total. The van der Waals surface area contributed by atoms with Gasteiger partial charge in [-0.05, 0) is 24.3 Å². The van der Waals surface area contributed by atoms with Crippen molar-refractivity contribution in [2.45, 2.75) is 19.4 Å². The Morgan fingerprint density at radius 3 is 2.88 bits per heavy atom. The fourth-order valence-corrected chi connectivity index (χ4v) is 2.56. The van der Waals surface area contributed by atoms with Crippen molar-refractivity contribution < 1.29 is 14.3 Å². The molecule has 6 heteroatoms. The van der Waals surface area contributed by atoms with Gasteiger partial charge in [0.15, 0.2) is 5.78 Å². The van der Waals surface area contributed by atoms with Crippen molar-refractivity contribution >= 4 is 17.2 Å². The second-order valence-corrected chi connectivity index (χ2v) is 5.60. The van der Waals surface area contributed by atoms with Gasteiger partial charge in [0.25, 0.3) is 0 Å². The molecular weight excluding hydrogens is 318 g/mol. The molecule has 0 atom stereocenters. The fourth-order valence-electron chi connectivity index (χ4n) is 2.56. The van der Waals surface area contributed by atoms with E-state index in [1.54, 1.807) is 37.6 Å². The average molecular weight is 337 g/mol. The first kappa shape index (κ1) is 16.7. The maximum Gasteiger partial charge on any atom is 0.220 e. The highest BCUT2D eigenvalue weighted by atomic mass is 16.5. The van der Waals surface area contributed by atoms with Gasteiger partial charge in [-0.2, -0.15) is 0 Å². The molecule has 128 valence electrons. The average Bonchev–Trinajstić information content (AvgIpc) is 3.07. The summed E-state index contributed by atoms with van der Waals surface area (Å²) < 4.78 is 7.02. The number of hydrogen-bond donors (Lipinski definition) is 1. The summed E-state index contributed by atoms with van der Waals surface area (Å²) in [5.74, 6) is 1.12. The van der Waals surface area contributed by atoms with Crippen molar-refractivity contribution in [2.24, 2.45) is 0 Å². The molecule has 0 aliphatic rings. The lowest BCUT2D eigenvalue weighted by Gasteiger charge is -2.06. The number of Topliss-reactive ketones (excluding diaryl/α,β-unsaturated/α-hetero) is 1. The number of benzene rings is 1. The molecule has 1 amide bonds. The molecule has 2 heterocycles. The standard InChI is InChI=1S/C19H19N3O3/c1-25-16-7-4-5-14(11-16)17(23)8-9-19(24)21-13-18-20-12-15-6-2-3-10-22(15)18/h2-7,10-12H,8-9,13H2,1H3,(H,21,24). The van der Waals surface area contributed by atoms with E-state index in [0.29, 0.717) is 17.9 Å². The molecule has 0 aliphatic heterocycles. The van der Waals surface area contributed by atoms with E-state index in [0.717, 1.165) is 11.3 Å². The fraction of sp³-hybridized carbons (Fsp3) is 0.211. The number of methoxy groups -OCH3 is 1. The quantitative estimate of drug-likeness (QED) is 0.673. The van der Waals surface area contributed by atoms with Crippen molar-refractivity contribution in [1.82, 2.24) is 14.7 Å². The lowest BCUT2D eigenvalue weighted by Crippen LogP contribution is -2.24. The monoisotopic (exact) mass is 337 g/mol. The highest BCUT2D eigenvalue weighted by Gasteiger charge is 2.11. The number of carbonyl (C=O) groups excluding carboxylic acids is 2. The van der Waals surface area contributed by atoms with Crippen LogP contribution in [0, 0.1) is 0 Å². The largest absolute Gasteiger partial charge is 0.497 e. The number of ketones is 1. The molecule has 0 bridgehead atoms. The number of amides is 1. The van der Waals surface area contributed by atoms with Crippen LogP contribution in [0.3, 0.4) is 0 Å². The molecule has 3 rings (SSSR count). The van der Waals surface area contributed by atoms with Crippen molar-refractivity contribution in [3.8, 4) is 5.75 Å². The van der Waals surface area contributed by atoms with E-state index in [1.807, 2.05) is 28.8 Å². The Hall–Kier alpha value is -3.15. The van der Waals surface area contributed by atoms with Gasteiger partial charge in [0.1, 0.15) is 11.6 Å². The van der Waals surface area contributed by atoms with Crippen LogP contribution in [-0.2, 0) is 11.3 Å². The van der Waals surface area contributed by atoms with Crippen LogP contribution in [0.5, 0.6) is 5.75 Å². The molecular formula is C19H19N3O3. The van der Waals surface area contributed by atoms with Crippen LogP contribution in [0.1, 0.15) is 29.0 Å². The molecule has 25 heavy (non-hydrogen) atoms. The van der Waals surface area contributed by atoms with Gasteiger partial charge in [-0.25, -0.2) is 4.98 Å². The number of rotatable bonds is 7. The molecule has 2 aromatic heterocycles. The SMILES string of the molecule is COc1cccc(C(=O)CCC(=O)NCc2ncc3ccccn23)c1. The predicted octanol–water partition coefficient (Wildman–Crippen LogP) is 2.62. The Labute approximate surface area is 145 Å². The lowest BCUT2D eigenvalue weighted by molar-refractivity contribution is -0.121. The van der Waals surface area contributed by atoms with Gasteiger partial charge in [-0.1, -0.05) is 18.2 Å². The summed E-state index contributed by atoms with van der Waals surface area (Å²) in [6.07, 6.45) is 3.95. The summed E-state index contributed by atoms with van der Waals surface area (Å²) >= 11 is 0. The normalized spacial score (nSPS) is 10.6. The van der Waals surface area contributed by atoms with Gasteiger partial charge < -0.3 is 14.5 Å². The smallest absolute Gasteiger partial charge is 0.220 e. The number of aromatic nitrogens is 2. The van der Waals surface area contributed by atoms with E-state index in [9.17, 15) is 9.59 Å². The zero-order valence-electron chi connectivity index (χ0n) is 13.9. The molecule has 0 aliphatic carbocycles. The summed E-state index contributed by atoms with van der Waals surface area (Å²) in [6, 6.07) is 12.7. The van der Waals surface area contributed by atoms with Crippen LogP contribution in [0.2, 0.25) is 0 Å². The Balaban J connectivity index is 1.51. The van der Waals surface area contributed by atoms with E-state index in [2.05, 4.69) is 10.3 Å². The first-order valence-corrected chi connectivity index (χ1v) is 8.02. The van der Waals surface area contributed by atoms with E-state index in [1.165, 1.54) is 0 Å². The summed E-state index contributed by atoms with van der Waals surface area (Å²) in [7, 11) is 1.55. The van der Waals surface area contributed by atoms with Crippen LogP contribution in [0.15, 0.2) is 54.9 Å². The molecule has 1 aromatic carbocycles. The third-order valence-electron chi connectivity index (χ3n) is 3.93. The summed E-state index contributed by atoms with van der Waals surface area (Å²) in [5.41, 5.74) is 1.52. The lowest BCUT2D eigenvalue weighted by atomic mass is 10.1. The second-order valence-electron chi connectivity index (χ2n) is 5.60. The zero-order chi connectivity index (χ0) is 17.6. The number of hydrogen-bond acceptors (Lipinski definition) is 4. The highest BCUT2D eigenvalue weighted by molar-refractivity contribution is 5.98. The van der Waals surface area contributed by atoms with Gasteiger partial charge in [0.05, 0.1) is 25.4 Å². The first-order chi connectivity index (χ1) is 12.2. The number of fused-ring (bicyclic) bond motifs is 1. The number of imidazole rings is 1.